The second-order valence-corrected chi connectivity index (χ2v) is 6.75. The lowest BCUT2D eigenvalue weighted by molar-refractivity contribution is -0.137. The van der Waals surface area contributed by atoms with Crippen molar-refractivity contribution in [3.8, 4) is 11.3 Å². The average molecular weight is 394 g/mol. The molecular weight excluding hydrogens is 373 g/mol. The van der Waals surface area contributed by atoms with Crippen molar-refractivity contribution in [2.75, 3.05) is 13.1 Å². The zero-order chi connectivity index (χ0) is 20.3. The monoisotopic (exact) mass is 394 g/mol. The summed E-state index contributed by atoms with van der Waals surface area (Å²) in [6, 6.07) is 7.62. The molecule has 1 aliphatic rings. The van der Waals surface area contributed by atoms with Gasteiger partial charge in [-0.2, -0.15) is 13.2 Å². The van der Waals surface area contributed by atoms with Crippen LogP contribution in [0, 0.1) is 0 Å². The standard InChI is InChI=1S/C20H21F3N2O3/c1-2-18(26)24-15-7-4-10-25(12-15)19(27)17-9-8-16(28-17)13-5-3-6-14(11-13)20(21,22)23/h3,5-6,8-9,11,15H,2,4,7,10,12H2,1H3,(H,24,26). The molecule has 1 unspecified atom stereocenters. The van der Waals surface area contributed by atoms with Crippen LogP contribution in [0.1, 0.15) is 42.3 Å². The first kappa shape index (κ1) is 20.0. The van der Waals surface area contributed by atoms with Crippen molar-refractivity contribution in [2.45, 2.75) is 38.4 Å². The van der Waals surface area contributed by atoms with Gasteiger partial charge in [-0.1, -0.05) is 19.1 Å². The molecule has 0 saturated carbocycles. The van der Waals surface area contributed by atoms with E-state index in [0.717, 1.165) is 25.0 Å². The van der Waals surface area contributed by atoms with E-state index in [4.69, 9.17) is 4.42 Å². The number of nitrogens with one attached hydrogen (secondary N) is 1. The Morgan fingerprint density at radius 3 is 2.75 bits per heavy atom. The maximum absolute atomic E-state index is 12.9. The second-order valence-electron chi connectivity index (χ2n) is 6.75. The molecule has 1 aromatic carbocycles. The summed E-state index contributed by atoms with van der Waals surface area (Å²) < 4.78 is 44.2. The van der Waals surface area contributed by atoms with Crippen molar-refractivity contribution in [1.29, 1.82) is 0 Å². The van der Waals surface area contributed by atoms with E-state index in [9.17, 15) is 22.8 Å². The smallest absolute Gasteiger partial charge is 0.416 e. The van der Waals surface area contributed by atoms with Crippen molar-refractivity contribution >= 4 is 11.8 Å². The predicted molar refractivity (Wildman–Crippen MR) is 96.5 cm³/mol. The van der Waals surface area contributed by atoms with Gasteiger partial charge in [0.15, 0.2) is 5.76 Å². The Kier molecular flexibility index (Phi) is 5.76. The first-order chi connectivity index (χ1) is 13.3. The molecule has 0 radical (unpaired) electrons. The summed E-state index contributed by atoms with van der Waals surface area (Å²) in [7, 11) is 0. The van der Waals surface area contributed by atoms with Crippen molar-refractivity contribution in [3.05, 3.63) is 47.7 Å². The van der Waals surface area contributed by atoms with E-state index in [1.165, 1.54) is 24.3 Å². The van der Waals surface area contributed by atoms with E-state index >= 15 is 0 Å². The fourth-order valence-electron chi connectivity index (χ4n) is 3.22. The van der Waals surface area contributed by atoms with Crippen LogP contribution in [0.4, 0.5) is 13.2 Å². The van der Waals surface area contributed by atoms with Gasteiger partial charge in [0.05, 0.1) is 5.56 Å². The number of benzene rings is 1. The van der Waals surface area contributed by atoms with Gasteiger partial charge >= 0.3 is 6.18 Å². The number of carbonyl (C=O) groups excluding carboxylic acids is 2. The summed E-state index contributed by atoms with van der Waals surface area (Å²) in [4.78, 5) is 25.9. The number of likely N-dealkylation sites (tertiary alicyclic amines) is 1. The van der Waals surface area contributed by atoms with Crippen LogP contribution in [0.15, 0.2) is 40.8 Å². The minimum atomic E-state index is -4.45. The zero-order valence-corrected chi connectivity index (χ0v) is 15.4. The molecule has 1 atom stereocenters. The molecule has 2 aromatic rings. The van der Waals surface area contributed by atoms with Gasteiger partial charge in [0.1, 0.15) is 5.76 Å². The zero-order valence-electron chi connectivity index (χ0n) is 15.4. The topological polar surface area (TPSA) is 62.6 Å². The highest BCUT2D eigenvalue weighted by Crippen LogP contribution is 2.32. The lowest BCUT2D eigenvalue weighted by Gasteiger charge is -2.32. The van der Waals surface area contributed by atoms with Crippen LogP contribution in [0.25, 0.3) is 11.3 Å². The fourth-order valence-corrected chi connectivity index (χ4v) is 3.22. The third kappa shape index (κ3) is 4.55. The molecule has 28 heavy (non-hydrogen) atoms. The number of piperidine rings is 1. The number of hydrogen-bond donors (Lipinski definition) is 1. The van der Waals surface area contributed by atoms with Crippen molar-refractivity contribution in [2.24, 2.45) is 0 Å². The average Bonchev–Trinajstić information content (AvgIpc) is 3.17. The molecule has 150 valence electrons. The van der Waals surface area contributed by atoms with Crippen LogP contribution in [0.2, 0.25) is 0 Å². The summed E-state index contributed by atoms with van der Waals surface area (Å²) in [5.74, 6) is -0.144. The first-order valence-electron chi connectivity index (χ1n) is 9.14. The number of halogens is 3. The third-order valence-corrected chi connectivity index (χ3v) is 4.69. The molecule has 0 bridgehead atoms. The number of nitrogens with zero attached hydrogens (tertiary/aromatic N) is 1. The van der Waals surface area contributed by atoms with Gasteiger partial charge in [0.25, 0.3) is 5.91 Å². The van der Waals surface area contributed by atoms with Gasteiger partial charge in [-0.3, -0.25) is 9.59 Å². The molecule has 5 nitrogen and oxygen atoms in total. The quantitative estimate of drug-likeness (QED) is 0.849. The highest BCUT2D eigenvalue weighted by atomic mass is 19.4. The van der Waals surface area contributed by atoms with Crippen molar-refractivity contribution < 1.29 is 27.2 Å². The summed E-state index contributed by atoms with van der Waals surface area (Å²) in [5.41, 5.74) is -0.527. The normalized spacial score (nSPS) is 17.4. The Morgan fingerprint density at radius 2 is 2.04 bits per heavy atom. The number of amides is 2. The third-order valence-electron chi connectivity index (χ3n) is 4.69. The number of alkyl halides is 3. The van der Waals surface area contributed by atoms with Gasteiger partial charge in [0, 0.05) is 31.1 Å². The van der Waals surface area contributed by atoms with Crippen LogP contribution in [0.3, 0.4) is 0 Å². The SMILES string of the molecule is CCC(=O)NC1CCCN(C(=O)c2ccc(-c3cccc(C(F)(F)F)c3)o2)C1. The second kappa shape index (κ2) is 8.08. The van der Waals surface area contributed by atoms with E-state index in [2.05, 4.69) is 5.32 Å². The Hall–Kier alpha value is -2.77. The van der Waals surface area contributed by atoms with E-state index in [1.807, 2.05) is 0 Å². The highest BCUT2D eigenvalue weighted by Gasteiger charge is 2.31. The van der Waals surface area contributed by atoms with Crippen LogP contribution >= 0.6 is 0 Å². The minimum Gasteiger partial charge on any atom is -0.451 e. The molecular formula is C20H21F3N2O3. The summed E-state index contributed by atoms with van der Waals surface area (Å²) >= 11 is 0. The molecule has 8 heteroatoms. The Balaban J connectivity index is 1.73. The van der Waals surface area contributed by atoms with Gasteiger partial charge in [-0.05, 0) is 37.1 Å². The number of carbonyl (C=O) groups is 2. The van der Waals surface area contributed by atoms with E-state index < -0.39 is 11.7 Å². The minimum absolute atomic E-state index is 0.0647. The maximum atomic E-state index is 12.9. The molecule has 2 amide bonds. The molecule has 0 spiro atoms. The highest BCUT2D eigenvalue weighted by molar-refractivity contribution is 5.92. The van der Waals surface area contributed by atoms with E-state index in [-0.39, 0.29) is 34.9 Å². The molecule has 0 aliphatic carbocycles. The largest absolute Gasteiger partial charge is 0.451 e. The van der Waals surface area contributed by atoms with Crippen molar-refractivity contribution in [1.82, 2.24) is 10.2 Å². The van der Waals surface area contributed by atoms with E-state index in [0.29, 0.717) is 19.5 Å². The van der Waals surface area contributed by atoms with Crippen LogP contribution in [-0.4, -0.2) is 35.8 Å². The van der Waals surface area contributed by atoms with Crippen LogP contribution in [0.5, 0.6) is 0 Å². The predicted octanol–water partition coefficient (Wildman–Crippen LogP) is 4.10. The first-order valence-corrected chi connectivity index (χ1v) is 9.14. The Bertz CT molecular complexity index is 860. The molecule has 2 heterocycles. The summed E-state index contributed by atoms with van der Waals surface area (Å²) in [5, 5.41) is 2.89. The van der Waals surface area contributed by atoms with Crippen LogP contribution in [-0.2, 0) is 11.0 Å². The number of rotatable bonds is 4. The molecule has 1 saturated heterocycles. The lowest BCUT2D eigenvalue weighted by atomic mass is 10.1. The molecule has 3 rings (SSSR count). The molecule has 1 aliphatic heterocycles. The Morgan fingerprint density at radius 1 is 1.25 bits per heavy atom. The molecule has 1 N–H and O–H groups in total. The Labute approximate surface area is 160 Å². The van der Waals surface area contributed by atoms with Gasteiger partial charge in [-0.25, -0.2) is 0 Å². The number of furan rings is 1. The van der Waals surface area contributed by atoms with Gasteiger partial charge < -0.3 is 14.6 Å². The van der Waals surface area contributed by atoms with Crippen molar-refractivity contribution in [3.63, 3.8) is 0 Å². The van der Waals surface area contributed by atoms with Crippen LogP contribution < -0.4 is 5.32 Å². The van der Waals surface area contributed by atoms with E-state index in [1.54, 1.807) is 11.8 Å². The fraction of sp³-hybridized carbons (Fsp3) is 0.400. The molecule has 1 fully saturated rings. The maximum Gasteiger partial charge on any atom is 0.416 e. The van der Waals surface area contributed by atoms with Gasteiger partial charge in [-0.15, -0.1) is 0 Å². The molecule has 1 aromatic heterocycles. The van der Waals surface area contributed by atoms with Gasteiger partial charge in [0.2, 0.25) is 5.91 Å². The summed E-state index contributed by atoms with van der Waals surface area (Å²) in [6.45, 7) is 2.68. The lowest BCUT2D eigenvalue weighted by Crippen LogP contribution is -2.49. The summed E-state index contributed by atoms with van der Waals surface area (Å²) in [6.07, 6.45) is -2.53. The number of hydrogen-bond acceptors (Lipinski definition) is 3.